The molecule has 22 heavy (non-hydrogen) atoms. The molecule has 0 spiro atoms. The van der Waals surface area contributed by atoms with Gasteiger partial charge in [-0.25, -0.2) is 0 Å². The van der Waals surface area contributed by atoms with E-state index >= 15 is 0 Å². The summed E-state index contributed by atoms with van der Waals surface area (Å²) in [6.45, 7) is 0. The van der Waals surface area contributed by atoms with Gasteiger partial charge < -0.3 is 14.8 Å². The number of ether oxygens (including phenoxy) is 1. The number of aromatic amines is 1. The number of H-pyrrole nitrogens is 1. The maximum Gasteiger partial charge on any atom is 0.199 e. The standard InChI is InChI=1S/C15H11Br2N3O2/c1-22-12-5-11(19-6-9(12)17)14(18)13-8-4-7(16)2-3-10(8)20-15(13)21/h2-6,18,20-21H,1H3. The van der Waals surface area contributed by atoms with Crippen LogP contribution in [0.5, 0.6) is 11.6 Å². The van der Waals surface area contributed by atoms with Crippen molar-refractivity contribution in [1.29, 1.82) is 5.41 Å². The Morgan fingerprint density at radius 3 is 2.82 bits per heavy atom. The minimum Gasteiger partial charge on any atom is -0.495 e. The molecule has 0 aliphatic carbocycles. The summed E-state index contributed by atoms with van der Waals surface area (Å²) in [5.74, 6) is 0.525. The Balaban J connectivity index is 2.16. The summed E-state index contributed by atoms with van der Waals surface area (Å²) in [5, 5.41) is 19.3. The molecule has 0 fully saturated rings. The van der Waals surface area contributed by atoms with Crippen LogP contribution in [0.25, 0.3) is 10.9 Å². The predicted octanol–water partition coefficient (Wildman–Crippen LogP) is 4.22. The number of nitrogens with zero attached hydrogens (tertiary/aromatic N) is 1. The van der Waals surface area contributed by atoms with E-state index in [1.807, 2.05) is 18.2 Å². The number of methoxy groups -OCH3 is 1. The van der Waals surface area contributed by atoms with Gasteiger partial charge in [0.25, 0.3) is 0 Å². The fraction of sp³-hybridized carbons (Fsp3) is 0.0667. The number of rotatable bonds is 3. The van der Waals surface area contributed by atoms with Crippen molar-refractivity contribution in [3.05, 3.63) is 50.7 Å². The van der Waals surface area contributed by atoms with E-state index in [0.29, 0.717) is 21.5 Å². The lowest BCUT2D eigenvalue weighted by atomic mass is 10.1. The lowest BCUT2D eigenvalue weighted by Gasteiger charge is -2.07. The second kappa shape index (κ2) is 5.73. The van der Waals surface area contributed by atoms with Gasteiger partial charge in [-0.1, -0.05) is 15.9 Å². The van der Waals surface area contributed by atoms with Gasteiger partial charge in [-0.05, 0) is 34.1 Å². The van der Waals surface area contributed by atoms with Crippen LogP contribution in [0, 0.1) is 5.41 Å². The van der Waals surface area contributed by atoms with Crippen LogP contribution in [-0.4, -0.2) is 27.9 Å². The molecule has 3 N–H and O–H groups in total. The van der Waals surface area contributed by atoms with E-state index < -0.39 is 0 Å². The molecule has 0 bridgehead atoms. The van der Waals surface area contributed by atoms with Gasteiger partial charge in [0, 0.05) is 27.6 Å². The van der Waals surface area contributed by atoms with Crippen molar-refractivity contribution in [1.82, 2.24) is 9.97 Å². The summed E-state index contributed by atoms with van der Waals surface area (Å²) in [6.07, 6.45) is 1.57. The normalized spacial score (nSPS) is 10.9. The molecular weight excluding hydrogens is 414 g/mol. The van der Waals surface area contributed by atoms with Crippen LogP contribution in [0.1, 0.15) is 11.3 Å². The van der Waals surface area contributed by atoms with Crippen molar-refractivity contribution >= 4 is 48.5 Å². The number of pyridine rings is 1. The van der Waals surface area contributed by atoms with Crippen LogP contribution < -0.4 is 4.74 Å². The minimum absolute atomic E-state index is 0.0539. The molecule has 0 radical (unpaired) electrons. The molecule has 7 heteroatoms. The molecule has 3 rings (SSSR count). The highest BCUT2D eigenvalue weighted by Crippen LogP contribution is 2.32. The molecule has 5 nitrogen and oxygen atoms in total. The van der Waals surface area contributed by atoms with Gasteiger partial charge in [0.1, 0.15) is 5.75 Å². The molecule has 0 saturated carbocycles. The summed E-state index contributed by atoms with van der Waals surface area (Å²) in [7, 11) is 1.55. The number of fused-ring (bicyclic) bond motifs is 1. The molecule has 112 valence electrons. The van der Waals surface area contributed by atoms with Crippen LogP contribution in [0.3, 0.4) is 0 Å². The van der Waals surface area contributed by atoms with E-state index in [9.17, 15) is 5.11 Å². The number of benzene rings is 1. The molecule has 0 saturated heterocycles. The highest BCUT2D eigenvalue weighted by molar-refractivity contribution is 9.10. The minimum atomic E-state index is -0.0539. The molecule has 0 aliphatic heterocycles. The average molecular weight is 425 g/mol. The van der Waals surface area contributed by atoms with E-state index in [1.165, 1.54) is 0 Å². The summed E-state index contributed by atoms with van der Waals surface area (Å²) in [6, 6.07) is 7.21. The zero-order chi connectivity index (χ0) is 15.9. The third kappa shape index (κ3) is 2.50. The molecule has 2 aromatic heterocycles. The Morgan fingerprint density at radius 2 is 2.09 bits per heavy atom. The van der Waals surface area contributed by atoms with Gasteiger partial charge in [0.05, 0.1) is 28.6 Å². The third-order valence-electron chi connectivity index (χ3n) is 3.29. The number of nitrogens with one attached hydrogen (secondary N) is 2. The number of hydrogen-bond acceptors (Lipinski definition) is 4. The van der Waals surface area contributed by atoms with Crippen LogP contribution in [0.4, 0.5) is 0 Å². The summed E-state index contributed by atoms with van der Waals surface area (Å²) in [5.41, 5.74) is 1.70. The van der Waals surface area contributed by atoms with Crippen molar-refractivity contribution in [2.24, 2.45) is 0 Å². The Kier molecular flexibility index (Phi) is 3.92. The lowest BCUT2D eigenvalue weighted by Crippen LogP contribution is -2.04. The van der Waals surface area contributed by atoms with Gasteiger partial charge in [-0.15, -0.1) is 0 Å². The zero-order valence-corrected chi connectivity index (χ0v) is 14.6. The first-order valence-electron chi connectivity index (χ1n) is 6.30. The molecule has 0 atom stereocenters. The van der Waals surface area contributed by atoms with Gasteiger partial charge >= 0.3 is 0 Å². The SMILES string of the molecule is COc1cc(C(=N)c2c(O)[nH]c3ccc(Br)cc23)ncc1Br. The first kappa shape index (κ1) is 15.1. The van der Waals surface area contributed by atoms with Crippen LogP contribution in [-0.2, 0) is 0 Å². The highest BCUT2D eigenvalue weighted by atomic mass is 79.9. The second-order valence-corrected chi connectivity index (χ2v) is 6.39. The van der Waals surface area contributed by atoms with E-state index in [4.69, 9.17) is 10.1 Å². The number of hydrogen-bond donors (Lipinski definition) is 3. The second-order valence-electron chi connectivity index (χ2n) is 4.62. The molecule has 0 unspecified atom stereocenters. The third-order valence-corrected chi connectivity index (χ3v) is 4.38. The van der Waals surface area contributed by atoms with Crippen LogP contribution >= 0.6 is 31.9 Å². The fourth-order valence-electron chi connectivity index (χ4n) is 2.24. The van der Waals surface area contributed by atoms with Gasteiger partial charge in [0.2, 0.25) is 0 Å². The maximum atomic E-state index is 10.2. The summed E-state index contributed by atoms with van der Waals surface area (Å²) < 4.78 is 6.80. The number of halogens is 2. The van der Waals surface area contributed by atoms with Gasteiger partial charge in [-0.3, -0.25) is 10.4 Å². The summed E-state index contributed by atoms with van der Waals surface area (Å²) in [4.78, 5) is 7.10. The number of aromatic hydroxyl groups is 1. The zero-order valence-electron chi connectivity index (χ0n) is 11.4. The van der Waals surface area contributed by atoms with Crippen molar-refractivity contribution in [2.75, 3.05) is 7.11 Å². The first-order valence-corrected chi connectivity index (χ1v) is 7.89. The fourth-order valence-corrected chi connectivity index (χ4v) is 2.98. The smallest absolute Gasteiger partial charge is 0.199 e. The van der Waals surface area contributed by atoms with Gasteiger partial charge in [0.15, 0.2) is 5.88 Å². The average Bonchev–Trinajstić information content (AvgIpc) is 2.82. The van der Waals surface area contributed by atoms with Crippen molar-refractivity contribution < 1.29 is 9.84 Å². The van der Waals surface area contributed by atoms with E-state index in [0.717, 1.165) is 15.4 Å². The monoisotopic (exact) mass is 423 g/mol. The lowest BCUT2D eigenvalue weighted by molar-refractivity contribution is 0.411. The van der Waals surface area contributed by atoms with E-state index in [-0.39, 0.29) is 11.6 Å². The Labute approximate surface area is 143 Å². The van der Waals surface area contributed by atoms with E-state index in [1.54, 1.807) is 19.4 Å². The number of aromatic nitrogens is 2. The largest absolute Gasteiger partial charge is 0.495 e. The predicted molar refractivity (Wildman–Crippen MR) is 92.1 cm³/mol. The molecule has 0 aliphatic rings. The van der Waals surface area contributed by atoms with Crippen molar-refractivity contribution in [2.45, 2.75) is 0 Å². The van der Waals surface area contributed by atoms with Crippen molar-refractivity contribution in [3.8, 4) is 11.6 Å². The molecule has 0 amide bonds. The molecule has 2 heterocycles. The molecule has 3 aromatic rings. The Hall–Kier alpha value is -1.86. The highest BCUT2D eigenvalue weighted by Gasteiger charge is 2.19. The molecule has 1 aromatic carbocycles. The van der Waals surface area contributed by atoms with Crippen LogP contribution in [0.2, 0.25) is 0 Å². The maximum absolute atomic E-state index is 10.2. The Bertz CT molecular complexity index is 890. The van der Waals surface area contributed by atoms with E-state index in [2.05, 4.69) is 41.8 Å². The van der Waals surface area contributed by atoms with Crippen molar-refractivity contribution in [3.63, 3.8) is 0 Å². The van der Waals surface area contributed by atoms with Gasteiger partial charge in [-0.2, -0.15) is 0 Å². The quantitative estimate of drug-likeness (QED) is 0.550. The molecular formula is C15H11Br2N3O2. The summed E-state index contributed by atoms with van der Waals surface area (Å²) >= 11 is 6.74. The topological polar surface area (TPSA) is 82.0 Å². The Morgan fingerprint density at radius 1 is 1.32 bits per heavy atom. The first-order chi connectivity index (χ1) is 10.5. The van der Waals surface area contributed by atoms with Crippen LogP contribution in [0.15, 0.2) is 39.4 Å².